The number of nitrogens with one attached hydrogen (secondary N) is 4. The van der Waals surface area contributed by atoms with Gasteiger partial charge in [-0.3, -0.25) is 14.5 Å². The minimum atomic E-state index is -0.540. The van der Waals surface area contributed by atoms with Crippen LogP contribution in [0.2, 0.25) is 0 Å². The Hall–Kier alpha value is -3.18. The van der Waals surface area contributed by atoms with Gasteiger partial charge >= 0.3 is 12.2 Å². The van der Waals surface area contributed by atoms with Crippen LogP contribution in [0.5, 0.6) is 0 Å². The SMILES string of the molecule is CC(C)CCCC(C)C1CCC2C3CC=C4CC(OCCN(CCNC(=O)CCOCCOCCOCCOCCNC(=O)OC(C)(C)C)CCNC(=O)CCOCCOCCOCCOCCNC(=O)OC(C)(C)C)CCC4(C)C3CCC12C. The number of carbonyl (C=O) groups excluding carboxylic acids is 4. The van der Waals surface area contributed by atoms with Gasteiger partial charge in [-0.1, -0.05) is 65.5 Å². The lowest BCUT2D eigenvalue weighted by atomic mass is 9.47. The number of hydrogen-bond acceptors (Lipinski definition) is 16. The normalized spacial score (nSPS) is 23.4. The lowest BCUT2D eigenvalue weighted by Crippen LogP contribution is -2.51. The summed E-state index contributed by atoms with van der Waals surface area (Å²) in [6.07, 6.45) is 16.6. The summed E-state index contributed by atoms with van der Waals surface area (Å²) in [5.41, 5.74) is 1.31. The zero-order chi connectivity index (χ0) is 62.0. The number of ether oxygens (including phenoxy) is 11. The second kappa shape index (κ2) is 40.5. The number of fused-ring (bicyclic) bond motifs is 5. The summed E-state index contributed by atoms with van der Waals surface area (Å²) in [7, 11) is 0. The molecule has 0 aromatic rings. The van der Waals surface area contributed by atoms with Gasteiger partial charge in [-0.15, -0.1) is 0 Å². The van der Waals surface area contributed by atoms with Crippen LogP contribution >= 0.6 is 0 Å². The quantitative estimate of drug-likeness (QED) is 0.0330. The predicted molar refractivity (Wildman–Crippen MR) is 330 cm³/mol. The number of allylic oxidation sites excluding steroid dienone is 1. The van der Waals surface area contributed by atoms with Crippen LogP contribution in [-0.4, -0.2) is 204 Å². The Morgan fingerprint density at radius 3 is 1.48 bits per heavy atom. The molecule has 85 heavy (non-hydrogen) atoms. The third-order valence-electron chi connectivity index (χ3n) is 17.5. The number of rotatable bonds is 45. The Labute approximate surface area is 512 Å². The third kappa shape index (κ3) is 30.3. The molecule has 20 nitrogen and oxygen atoms in total. The van der Waals surface area contributed by atoms with Crippen LogP contribution in [0.4, 0.5) is 9.59 Å². The fraction of sp³-hybridized carbons (Fsp3) is 0.908. The van der Waals surface area contributed by atoms with Crippen LogP contribution < -0.4 is 21.3 Å². The maximum absolute atomic E-state index is 12.8. The zero-order valence-corrected chi connectivity index (χ0v) is 54.9. The topological polar surface area (TPSA) is 221 Å². The maximum Gasteiger partial charge on any atom is 0.407 e. The Morgan fingerprint density at radius 2 is 1.01 bits per heavy atom. The summed E-state index contributed by atoms with van der Waals surface area (Å²) < 4.78 is 61.6. The van der Waals surface area contributed by atoms with Crippen LogP contribution in [-0.2, 0) is 61.7 Å². The molecule has 494 valence electrons. The Bertz CT molecular complexity index is 1820. The average molecular weight is 1210 g/mol. The van der Waals surface area contributed by atoms with Crippen molar-refractivity contribution in [3.05, 3.63) is 11.6 Å². The number of carbonyl (C=O) groups is 4. The standard InChI is InChI=1S/C65H119N5O15/c1-50(2)13-12-14-51(3)55-17-18-56-54-16-15-52-49-53(19-23-64(52,10)57(54)20-24-65(55,56)11)83-36-31-70(29-25-66-58(71)21-32-75-37-41-79-45-47-81-43-39-77-34-27-68-60(73)84-62(4,5)6)30-26-67-59(72)22-33-76-38-42-80-46-48-82-44-40-78-35-28-69-61(74)85-63(7,8)9/h15,50-51,53-57H,12-14,16-49H2,1-11H3,(H,66,71)(H,67,72)(H,68,73)(H,69,74). The summed E-state index contributed by atoms with van der Waals surface area (Å²) >= 11 is 0. The van der Waals surface area contributed by atoms with Gasteiger partial charge in [0.05, 0.1) is 118 Å². The van der Waals surface area contributed by atoms with Crippen molar-refractivity contribution in [2.75, 3.05) is 158 Å². The minimum Gasteiger partial charge on any atom is -0.444 e. The molecule has 3 fully saturated rings. The Morgan fingerprint density at radius 1 is 0.541 bits per heavy atom. The molecule has 0 saturated heterocycles. The lowest BCUT2D eigenvalue weighted by molar-refractivity contribution is -0.123. The van der Waals surface area contributed by atoms with Gasteiger partial charge in [0.1, 0.15) is 11.2 Å². The Balaban J connectivity index is 1.11. The molecule has 0 bridgehead atoms. The number of amides is 4. The molecule has 20 heteroatoms. The van der Waals surface area contributed by atoms with Crippen LogP contribution in [0.15, 0.2) is 11.6 Å². The Kier molecular flexibility index (Phi) is 35.4. The van der Waals surface area contributed by atoms with E-state index < -0.39 is 23.4 Å². The van der Waals surface area contributed by atoms with Crippen molar-refractivity contribution in [3.8, 4) is 0 Å². The molecule has 0 radical (unpaired) electrons. The highest BCUT2D eigenvalue weighted by molar-refractivity contribution is 5.76. The van der Waals surface area contributed by atoms with Crippen LogP contribution in [0.3, 0.4) is 0 Å². The van der Waals surface area contributed by atoms with E-state index in [1.165, 1.54) is 57.8 Å². The van der Waals surface area contributed by atoms with E-state index in [-0.39, 0.29) is 49.4 Å². The first-order valence-electron chi connectivity index (χ1n) is 32.7. The molecule has 0 aromatic heterocycles. The van der Waals surface area contributed by atoms with Crippen molar-refractivity contribution in [2.45, 2.75) is 177 Å². The highest BCUT2D eigenvalue weighted by Gasteiger charge is 2.59. The second-order valence-electron chi connectivity index (χ2n) is 26.8. The summed E-state index contributed by atoms with van der Waals surface area (Å²) in [4.78, 5) is 51.3. The summed E-state index contributed by atoms with van der Waals surface area (Å²) in [6.45, 7) is 33.7. The molecule has 4 N–H and O–H groups in total. The largest absolute Gasteiger partial charge is 0.444 e. The van der Waals surface area contributed by atoms with Gasteiger partial charge < -0.3 is 73.4 Å². The van der Waals surface area contributed by atoms with Crippen molar-refractivity contribution in [1.29, 1.82) is 0 Å². The lowest BCUT2D eigenvalue weighted by Gasteiger charge is -2.58. The van der Waals surface area contributed by atoms with Gasteiger partial charge in [-0.2, -0.15) is 0 Å². The molecule has 0 spiro atoms. The highest BCUT2D eigenvalue weighted by Crippen LogP contribution is 2.67. The second-order valence-corrected chi connectivity index (χ2v) is 26.8. The van der Waals surface area contributed by atoms with Gasteiger partial charge in [0.25, 0.3) is 0 Å². The number of hydrogen-bond donors (Lipinski definition) is 4. The summed E-state index contributed by atoms with van der Waals surface area (Å²) in [6, 6.07) is 0. The van der Waals surface area contributed by atoms with Crippen LogP contribution in [0.1, 0.15) is 160 Å². The molecular weight excluding hydrogens is 1090 g/mol. The van der Waals surface area contributed by atoms with E-state index in [1.807, 2.05) is 41.5 Å². The summed E-state index contributed by atoms with van der Waals surface area (Å²) in [5, 5.41) is 11.4. The van der Waals surface area contributed by atoms with Gasteiger partial charge in [0, 0.05) is 58.7 Å². The molecule has 8 unspecified atom stereocenters. The van der Waals surface area contributed by atoms with Crippen molar-refractivity contribution >= 4 is 24.0 Å². The fourth-order valence-electron chi connectivity index (χ4n) is 13.3. The molecule has 0 aliphatic heterocycles. The predicted octanol–water partition coefficient (Wildman–Crippen LogP) is 8.91. The third-order valence-corrected chi connectivity index (χ3v) is 17.5. The van der Waals surface area contributed by atoms with E-state index in [2.05, 4.69) is 66.9 Å². The molecule has 0 aromatic carbocycles. The smallest absolute Gasteiger partial charge is 0.407 e. The molecule has 4 aliphatic rings. The highest BCUT2D eigenvalue weighted by atomic mass is 16.6. The van der Waals surface area contributed by atoms with E-state index in [4.69, 9.17) is 52.1 Å². The maximum atomic E-state index is 12.8. The molecule has 4 amide bonds. The van der Waals surface area contributed by atoms with Gasteiger partial charge in [0.2, 0.25) is 11.8 Å². The minimum absolute atomic E-state index is 0.0830. The van der Waals surface area contributed by atoms with E-state index in [1.54, 1.807) is 5.57 Å². The van der Waals surface area contributed by atoms with Gasteiger partial charge in [-0.25, -0.2) is 9.59 Å². The average Bonchev–Trinajstić information content (AvgIpc) is 1.75. The first kappa shape index (κ1) is 74.3. The molecule has 4 aliphatic carbocycles. The van der Waals surface area contributed by atoms with Crippen molar-refractivity contribution in [1.82, 2.24) is 26.2 Å². The van der Waals surface area contributed by atoms with E-state index in [0.29, 0.717) is 150 Å². The summed E-state index contributed by atoms with van der Waals surface area (Å²) in [5.74, 6) is 4.75. The van der Waals surface area contributed by atoms with E-state index >= 15 is 0 Å². The molecule has 3 saturated carbocycles. The molecule has 8 atom stereocenters. The van der Waals surface area contributed by atoms with Crippen LogP contribution in [0.25, 0.3) is 0 Å². The molecule has 4 rings (SSSR count). The van der Waals surface area contributed by atoms with Crippen molar-refractivity contribution in [2.24, 2.45) is 46.3 Å². The molecular formula is C65H119N5O15. The van der Waals surface area contributed by atoms with Crippen LogP contribution in [0, 0.1) is 46.3 Å². The van der Waals surface area contributed by atoms with Gasteiger partial charge in [0.15, 0.2) is 0 Å². The first-order valence-corrected chi connectivity index (χ1v) is 32.7. The monoisotopic (exact) mass is 1210 g/mol. The number of nitrogens with zero attached hydrogens (tertiary/aromatic N) is 1. The molecule has 0 heterocycles. The fourth-order valence-corrected chi connectivity index (χ4v) is 13.3. The number of alkyl carbamates (subject to hydrolysis) is 2. The van der Waals surface area contributed by atoms with E-state index in [0.717, 1.165) is 48.3 Å². The van der Waals surface area contributed by atoms with Crippen molar-refractivity contribution < 1.29 is 71.3 Å². The van der Waals surface area contributed by atoms with E-state index in [9.17, 15) is 19.2 Å². The van der Waals surface area contributed by atoms with Crippen molar-refractivity contribution in [3.63, 3.8) is 0 Å². The first-order chi connectivity index (χ1) is 40.6. The van der Waals surface area contributed by atoms with Gasteiger partial charge in [-0.05, 0) is 139 Å². The zero-order valence-electron chi connectivity index (χ0n) is 54.9.